The Bertz CT molecular complexity index is 331. The molecule has 15 heavy (non-hydrogen) atoms. The first-order chi connectivity index (χ1) is 7.08. The third-order valence-electron chi connectivity index (χ3n) is 1.71. The van der Waals surface area contributed by atoms with Crippen molar-refractivity contribution in [2.45, 2.75) is 26.9 Å². The van der Waals surface area contributed by atoms with Gasteiger partial charge in [0.1, 0.15) is 5.75 Å². The largest absolute Gasteiger partial charge is 0.482 e. The van der Waals surface area contributed by atoms with E-state index in [4.69, 9.17) is 9.47 Å². The zero-order chi connectivity index (χ0) is 11.3. The summed E-state index contributed by atoms with van der Waals surface area (Å²) in [7, 11) is 0. The van der Waals surface area contributed by atoms with Crippen LogP contribution >= 0.6 is 0 Å². The Hall–Kier alpha value is -1.51. The molecule has 0 saturated heterocycles. The molecule has 0 aromatic heterocycles. The maximum Gasteiger partial charge on any atom is 0.344 e. The molecule has 82 valence electrons. The van der Waals surface area contributed by atoms with E-state index in [-0.39, 0.29) is 18.7 Å². The highest BCUT2D eigenvalue weighted by molar-refractivity contribution is 5.71. The predicted molar refractivity (Wildman–Crippen MR) is 57.9 cm³/mol. The Morgan fingerprint density at radius 2 is 2.13 bits per heavy atom. The van der Waals surface area contributed by atoms with Crippen LogP contribution in [0.3, 0.4) is 0 Å². The minimum absolute atomic E-state index is 0.0400. The number of benzene rings is 1. The number of carbonyl (C=O) groups excluding carboxylic acids is 1. The first-order valence-electron chi connectivity index (χ1n) is 4.97. The van der Waals surface area contributed by atoms with Gasteiger partial charge in [-0.05, 0) is 38.5 Å². The smallest absolute Gasteiger partial charge is 0.344 e. The van der Waals surface area contributed by atoms with Crippen molar-refractivity contribution in [3.05, 3.63) is 29.8 Å². The summed E-state index contributed by atoms with van der Waals surface area (Å²) in [6.45, 7) is 5.55. The summed E-state index contributed by atoms with van der Waals surface area (Å²) in [5, 5.41) is 0. The molecule has 0 spiro atoms. The van der Waals surface area contributed by atoms with Crippen molar-refractivity contribution in [2.75, 3.05) is 6.61 Å². The average Bonchev–Trinajstić information content (AvgIpc) is 2.14. The number of carbonyl (C=O) groups is 1. The molecule has 0 atom stereocenters. The lowest BCUT2D eigenvalue weighted by atomic mass is 10.2. The van der Waals surface area contributed by atoms with Crippen LogP contribution in [0.5, 0.6) is 5.75 Å². The fourth-order valence-corrected chi connectivity index (χ4v) is 1.14. The van der Waals surface area contributed by atoms with Crippen LogP contribution in [0.1, 0.15) is 19.4 Å². The van der Waals surface area contributed by atoms with E-state index >= 15 is 0 Å². The molecule has 0 aliphatic heterocycles. The van der Waals surface area contributed by atoms with E-state index in [1.165, 1.54) is 0 Å². The van der Waals surface area contributed by atoms with Crippen LogP contribution in [0.4, 0.5) is 0 Å². The molecule has 0 radical (unpaired) electrons. The lowest BCUT2D eigenvalue weighted by Gasteiger charge is -2.09. The SMILES string of the molecule is Cc1cccc(OCC(=O)OC(C)C)c1. The average molecular weight is 208 g/mol. The molecule has 3 heteroatoms. The fourth-order valence-electron chi connectivity index (χ4n) is 1.14. The van der Waals surface area contributed by atoms with Gasteiger partial charge < -0.3 is 9.47 Å². The quantitative estimate of drug-likeness (QED) is 0.712. The molecule has 3 nitrogen and oxygen atoms in total. The van der Waals surface area contributed by atoms with Gasteiger partial charge in [0.25, 0.3) is 0 Å². The highest BCUT2D eigenvalue weighted by Crippen LogP contribution is 2.12. The van der Waals surface area contributed by atoms with Crippen LogP contribution in [0.25, 0.3) is 0 Å². The highest BCUT2D eigenvalue weighted by Gasteiger charge is 2.06. The minimum Gasteiger partial charge on any atom is -0.482 e. The Balaban J connectivity index is 2.40. The zero-order valence-corrected chi connectivity index (χ0v) is 9.32. The monoisotopic (exact) mass is 208 g/mol. The number of esters is 1. The maximum atomic E-state index is 11.2. The van der Waals surface area contributed by atoms with Gasteiger partial charge in [0.05, 0.1) is 6.10 Å². The van der Waals surface area contributed by atoms with Crippen molar-refractivity contribution in [2.24, 2.45) is 0 Å². The fraction of sp³-hybridized carbons (Fsp3) is 0.417. The van der Waals surface area contributed by atoms with Gasteiger partial charge in [-0.15, -0.1) is 0 Å². The molecule has 0 unspecified atom stereocenters. The number of aryl methyl sites for hydroxylation is 1. The Morgan fingerprint density at radius 3 is 2.73 bits per heavy atom. The van der Waals surface area contributed by atoms with Crippen LogP contribution in [0, 0.1) is 6.92 Å². The van der Waals surface area contributed by atoms with E-state index in [1.54, 1.807) is 0 Å². The van der Waals surface area contributed by atoms with Gasteiger partial charge in [-0.3, -0.25) is 0 Å². The molecule has 0 fully saturated rings. The molecule has 1 rings (SSSR count). The molecule has 0 saturated carbocycles. The van der Waals surface area contributed by atoms with Gasteiger partial charge in [-0.25, -0.2) is 4.79 Å². The minimum atomic E-state index is -0.341. The molecular weight excluding hydrogens is 192 g/mol. The molecule has 0 aliphatic carbocycles. The van der Waals surface area contributed by atoms with Crippen molar-refractivity contribution in [1.29, 1.82) is 0 Å². The second-order valence-corrected chi connectivity index (χ2v) is 3.64. The predicted octanol–water partition coefficient (Wildman–Crippen LogP) is 2.33. The van der Waals surface area contributed by atoms with E-state index in [0.717, 1.165) is 5.56 Å². The van der Waals surface area contributed by atoms with Gasteiger partial charge >= 0.3 is 5.97 Å². The summed E-state index contributed by atoms with van der Waals surface area (Å²) in [6, 6.07) is 7.55. The highest BCUT2D eigenvalue weighted by atomic mass is 16.6. The molecule has 0 amide bonds. The number of hydrogen-bond acceptors (Lipinski definition) is 3. The van der Waals surface area contributed by atoms with Crippen LogP contribution in [0.15, 0.2) is 24.3 Å². The van der Waals surface area contributed by atoms with Crippen molar-refractivity contribution in [3.63, 3.8) is 0 Å². The van der Waals surface area contributed by atoms with Gasteiger partial charge in [0.2, 0.25) is 0 Å². The first kappa shape index (κ1) is 11.6. The number of rotatable bonds is 4. The summed E-state index contributed by atoms with van der Waals surface area (Å²) in [5.41, 5.74) is 1.10. The van der Waals surface area contributed by atoms with Crippen molar-refractivity contribution >= 4 is 5.97 Å². The first-order valence-corrected chi connectivity index (χ1v) is 4.97. The van der Waals surface area contributed by atoms with E-state index < -0.39 is 0 Å². The Labute approximate surface area is 90.0 Å². The summed E-state index contributed by atoms with van der Waals surface area (Å²) in [6.07, 6.45) is -0.0985. The lowest BCUT2D eigenvalue weighted by Crippen LogP contribution is -2.18. The van der Waals surface area contributed by atoms with Gasteiger partial charge in [-0.1, -0.05) is 12.1 Å². The van der Waals surface area contributed by atoms with Gasteiger partial charge in [0, 0.05) is 0 Å². The molecule has 0 bridgehead atoms. The molecule has 0 heterocycles. The third-order valence-corrected chi connectivity index (χ3v) is 1.71. The number of ether oxygens (including phenoxy) is 2. The number of hydrogen-bond donors (Lipinski definition) is 0. The molecule has 1 aromatic carbocycles. The van der Waals surface area contributed by atoms with E-state index in [1.807, 2.05) is 45.0 Å². The third kappa shape index (κ3) is 4.49. The van der Waals surface area contributed by atoms with E-state index in [9.17, 15) is 4.79 Å². The van der Waals surface area contributed by atoms with Crippen LogP contribution in [0.2, 0.25) is 0 Å². The normalized spacial score (nSPS) is 10.1. The van der Waals surface area contributed by atoms with E-state index in [0.29, 0.717) is 5.75 Å². The second-order valence-electron chi connectivity index (χ2n) is 3.64. The Morgan fingerprint density at radius 1 is 1.40 bits per heavy atom. The zero-order valence-electron chi connectivity index (χ0n) is 9.32. The van der Waals surface area contributed by atoms with Gasteiger partial charge in [-0.2, -0.15) is 0 Å². The van der Waals surface area contributed by atoms with Crippen LogP contribution < -0.4 is 4.74 Å². The lowest BCUT2D eigenvalue weighted by molar-refractivity contribution is -0.149. The molecule has 0 N–H and O–H groups in total. The molecule has 0 aliphatic rings. The van der Waals surface area contributed by atoms with Crippen LogP contribution in [-0.4, -0.2) is 18.7 Å². The summed E-state index contributed by atoms with van der Waals surface area (Å²) >= 11 is 0. The summed E-state index contributed by atoms with van der Waals surface area (Å²) in [4.78, 5) is 11.2. The van der Waals surface area contributed by atoms with Crippen molar-refractivity contribution < 1.29 is 14.3 Å². The molecular formula is C12H16O3. The second kappa shape index (κ2) is 5.39. The summed E-state index contributed by atoms with van der Waals surface area (Å²) in [5.74, 6) is 0.349. The van der Waals surface area contributed by atoms with E-state index in [2.05, 4.69) is 0 Å². The van der Waals surface area contributed by atoms with Crippen LogP contribution in [-0.2, 0) is 9.53 Å². The van der Waals surface area contributed by atoms with Crippen molar-refractivity contribution in [1.82, 2.24) is 0 Å². The Kier molecular flexibility index (Phi) is 4.16. The molecule has 1 aromatic rings. The van der Waals surface area contributed by atoms with Crippen molar-refractivity contribution in [3.8, 4) is 5.75 Å². The standard InChI is InChI=1S/C12H16O3/c1-9(2)15-12(13)8-14-11-6-4-5-10(3)7-11/h4-7,9H,8H2,1-3H3. The summed E-state index contributed by atoms with van der Waals surface area (Å²) < 4.78 is 10.2. The topological polar surface area (TPSA) is 35.5 Å². The van der Waals surface area contributed by atoms with Gasteiger partial charge in [0.15, 0.2) is 6.61 Å². The maximum absolute atomic E-state index is 11.2.